The summed E-state index contributed by atoms with van der Waals surface area (Å²) < 4.78 is 4.76. The van der Waals surface area contributed by atoms with Crippen molar-refractivity contribution in [3.05, 3.63) is 0 Å². The Morgan fingerprint density at radius 3 is 2.78 bits per heavy atom. The molecule has 1 unspecified atom stereocenters. The highest BCUT2D eigenvalue weighted by atomic mass is 31.0. The van der Waals surface area contributed by atoms with Gasteiger partial charge in [0.05, 0.1) is 6.61 Å². The molecule has 1 aliphatic rings. The van der Waals surface area contributed by atoms with Crippen molar-refractivity contribution in [1.29, 1.82) is 0 Å². The van der Waals surface area contributed by atoms with Crippen molar-refractivity contribution in [2.75, 3.05) is 6.61 Å². The first-order valence-electron chi connectivity index (χ1n) is 3.05. The first-order valence-corrected chi connectivity index (χ1v) is 3.05. The van der Waals surface area contributed by atoms with E-state index in [4.69, 9.17) is 4.74 Å². The Morgan fingerprint density at radius 1 is 1.22 bits per heavy atom. The predicted octanol–water partition coefficient (Wildman–Crippen LogP) is 1.16. The van der Waals surface area contributed by atoms with Gasteiger partial charge in [-0.15, -0.1) is 0 Å². The Labute approximate surface area is 58.6 Å². The summed E-state index contributed by atoms with van der Waals surface area (Å²) in [5, 5.41) is 0. The molecule has 1 aliphatic heterocycles. The fourth-order valence-corrected chi connectivity index (χ4v) is 0.806. The lowest BCUT2D eigenvalue weighted by molar-refractivity contribution is -0.142. The van der Waals surface area contributed by atoms with Gasteiger partial charge >= 0.3 is 5.97 Å². The van der Waals surface area contributed by atoms with Crippen molar-refractivity contribution in [3.63, 3.8) is 0 Å². The summed E-state index contributed by atoms with van der Waals surface area (Å²) >= 11 is 0. The number of carbonyl (C=O) groups is 1. The Balaban J connectivity index is 0.000000640. The molecule has 9 heavy (non-hydrogen) atoms. The van der Waals surface area contributed by atoms with Crippen molar-refractivity contribution in [1.82, 2.24) is 0 Å². The molecule has 1 heterocycles. The van der Waals surface area contributed by atoms with Crippen LogP contribution in [-0.2, 0) is 9.53 Å². The van der Waals surface area contributed by atoms with Gasteiger partial charge in [0.2, 0.25) is 0 Å². The quantitative estimate of drug-likeness (QED) is 0.380. The van der Waals surface area contributed by atoms with Gasteiger partial charge in [0.25, 0.3) is 0 Å². The summed E-state index contributed by atoms with van der Waals surface area (Å²) in [6.07, 6.45) is 3.83. The number of esters is 1. The Bertz CT molecular complexity index is 83.1. The van der Waals surface area contributed by atoms with E-state index in [0.717, 1.165) is 19.3 Å². The van der Waals surface area contributed by atoms with E-state index in [2.05, 4.69) is 0 Å². The maximum atomic E-state index is 10.5. The third-order valence-corrected chi connectivity index (χ3v) is 1.29. The number of rotatable bonds is 0. The summed E-state index contributed by atoms with van der Waals surface area (Å²) in [7, 11) is 0. The molecule has 1 saturated heterocycles. The monoisotopic (exact) mass is 148 g/mol. The van der Waals surface area contributed by atoms with E-state index in [-0.39, 0.29) is 15.9 Å². The van der Waals surface area contributed by atoms with Crippen molar-refractivity contribution in [2.24, 2.45) is 0 Å². The molecule has 0 aromatic heterocycles. The third-order valence-electron chi connectivity index (χ3n) is 1.29. The molecule has 0 N–H and O–H groups in total. The minimum atomic E-state index is -0.0255. The fraction of sp³-hybridized carbons (Fsp3) is 0.833. The van der Waals surface area contributed by atoms with Gasteiger partial charge in [-0.2, -0.15) is 9.90 Å². The zero-order chi connectivity index (χ0) is 5.82. The predicted molar refractivity (Wildman–Crippen MR) is 40.5 cm³/mol. The number of carbonyl (C=O) groups excluding carboxylic acids is 1. The smallest absolute Gasteiger partial charge is 0.305 e. The third kappa shape index (κ3) is 3.47. The lowest BCUT2D eigenvalue weighted by Gasteiger charge is -1.93. The van der Waals surface area contributed by atoms with Gasteiger partial charge in [0.1, 0.15) is 0 Å². The summed E-state index contributed by atoms with van der Waals surface area (Å²) in [4.78, 5) is 10.5. The van der Waals surface area contributed by atoms with Gasteiger partial charge in [-0.3, -0.25) is 4.79 Å². The van der Waals surface area contributed by atoms with E-state index in [1.54, 1.807) is 0 Å². The molecule has 1 fully saturated rings. The van der Waals surface area contributed by atoms with Gasteiger partial charge in [0.15, 0.2) is 0 Å². The van der Waals surface area contributed by atoms with Gasteiger partial charge in [-0.05, 0) is 19.3 Å². The van der Waals surface area contributed by atoms with Gasteiger partial charge in [-0.25, -0.2) is 0 Å². The van der Waals surface area contributed by atoms with Gasteiger partial charge in [-0.1, -0.05) is 0 Å². The van der Waals surface area contributed by atoms with Gasteiger partial charge < -0.3 is 4.74 Å². The van der Waals surface area contributed by atoms with E-state index < -0.39 is 0 Å². The molecule has 0 spiro atoms. The molecule has 1 rings (SSSR count). The summed E-state index contributed by atoms with van der Waals surface area (Å²) in [5.41, 5.74) is 0. The van der Waals surface area contributed by atoms with Crippen LogP contribution in [0.25, 0.3) is 0 Å². The second-order valence-electron chi connectivity index (χ2n) is 2.03. The lowest BCUT2D eigenvalue weighted by atomic mass is 10.2. The van der Waals surface area contributed by atoms with Gasteiger partial charge in [0, 0.05) is 6.42 Å². The van der Waals surface area contributed by atoms with Crippen LogP contribution in [0.3, 0.4) is 0 Å². The molecule has 54 valence electrons. The van der Waals surface area contributed by atoms with Crippen LogP contribution < -0.4 is 0 Å². The Kier molecular flexibility index (Phi) is 4.70. The number of hydrogen-bond donors (Lipinski definition) is 0. The fourth-order valence-electron chi connectivity index (χ4n) is 0.806. The molecule has 3 heteroatoms. The van der Waals surface area contributed by atoms with Crippen molar-refractivity contribution in [2.45, 2.75) is 25.7 Å². The molecular formula is C6H13O2P. The molecule has 0 saturated carbocycles. The number of hydrogen-bond acceptors (Lipinski definition) is 2. The number of ether oxygens (including phenoxy) is 1. The molecular weight excluding hydrogens is 135 g/mol. The zero-order valence-corrected chi connectivity index (χ0v) is 6.97. The van der Waals surface area contributed by atoms with E-state index >= 15 is 0 Å². The normalized spacial score (nSPS) is 19.3. The highest BCUT2D eigenvalue weighted by Crippen LogP contribution is 2.06. The van der Waals surface area contributed by atoms with Crippen molar-refractivity contribution >= 4 is 15.9 Å². The highest BCUT2D eigenvalue weighted by molar-refractivity contribution is 6.92. The highest BCUT2D eigenvalue weighted by Gasteiger charge is 2.05. The van der Waals surface area contributed by atoms with E-state index in [0.29, 0.717) is 13.0 Å². The molecule has 0 amide bonds. The van der Waals surface area contributed by atoms with Crippen molar-refractivity contribution in [3.8, 4) is 0 Å². The SMILES string of the molecule is O=C1CCCCCO1.P. The molecule has 0 aromatic rings. The largest absolute Gasteiger partial charge is 0.466 e. The maximum Gasteiger partial charge on any atom is 0.305 e. The van der Waals surface area contributed by atoms with Crippen LogP contribution in [0.5, 0.6) is 0 Å². The summed E-state index contributed by atoms with van der Waals surface area (Å²) in [5.74, 6) is -0.0255. The van der Waals surface area contributed by atoms with E-state index in [1.165, 1.54) is 0 Å². The first kappa shape index (κ1) is 8.90. The second-order valence-corrected chi connectivity index (χ2v) is 2.03. The zero-order valence-electron chi connectivity index (χ0n) is 5.56. The molecule has 0 aliphatic carbocycles. The van der Waals surface area contributed by atoms with Crippen LogP contribution in [0, 0.1) is 0 Å². The summed E-state index contributed by atoms with van der Waals surface area (Å²) in [6, 6.07) is 0. The molecule has 0 bridgehead atoms. The maximum absolute atomic E-state index is 10.5. The minimum Gasteiger partial charge on any atom is -0.466 e. The molecule has 0 radical (unpaired) electrons. The Hall–Kier alpha value is -0.100. The molecule has 1 atom stereocenters. The lowest BCUT2D eigenvalue weighted by Crippen LogP contribution is -2.00. The average molecular weight is 148 g/mol. The first-order chi connectivity index (χ1) is 3.89. The Morgan fingerprint density at radius 2 is 2.00 bits per heavy atom. The van der Waals surface area contributed by atoms with Crippen LogP contribution in [0.2, 0.25) is 0 Å². The molecule has 2 nitrogen and oxygen atoms in total. The average Bonchev–Trinajstić information content (AvgIpc) is 1.94. The van der Waals surface area contributed by atoms with Crippen LogP contribution in [0.15, 0.2) is 0 Å². The van der Waals surface area contributed by atoms with Crippen molar-refractivity contribution < 1.29 is 9.53 Å². The topological polar surface area (TPSA) is 26.3 Å². The minimum absolute atomic E-state index is 0. The van der Waals surface area contributed by atoms with E-state index in [1.807, 2.05) is 0 Å². The van der Waals surface area contributed by atoms with Crippen LogP contribution in [0.4, 0.5) is 0 Å². The summed E-state index contributed by atoms with van der Waals surface area (Å²) in [6.45, 7) is 0.638. The van der Waals surface area contributed by atoms with Crippen LogP contribution >= 0.6 is 9.90 Å². The molecule has 0 aromatic carbocycles. The number of cyclic esters (lactones) is 1. The van der Waals surface area contributed by atoms with E-state index in [9.17, 15) is 4.79 Å². The van der Waals surface area contributed by atoms with Crippen LogP contribution in [-0.4, -0.2) is 12.6 Å². The second kappa shape index (κ2) is 4.75. The van der Waals surface area contributed by atoms with Crippen LogP contribution in [0.1, 0.15) is 25.7 Å². The standard InChI is InChI=1S/C6H10O2.H3P/c7-6-4-2-1-3-5-8-6;/h1-5H2;1H3.